The molecule has 2 unspecified atom stereocenters. The van der Waals surface area contributed by atoms with Crippen molar-refractivity contribution in [3.05, 3.63) is 35.1 Å². The van der Waals surface area contributed by atoms with E-state index in [0.29, 0.717) is 6.07 Å². The van der Waals surface area contributed by atoms with Gasteiger partial charge in [-0.2, -0.15) is 0 Å². The predicted molar refractivity (Wildman–Crippen MR) is 62.2 cm³/mol. The van der Waals surface area contributed by atoms with Crippen molar-refractivity contribution in [2.45, 2.75) is 32.7 Å². The molecule has 17 heavy (non-hydrogen) atoms. The summed E-state index contributed by atoms with van der Waals surface area (Å²) in [6, 6.07) is 1.25. The van der Waals surface area contributed by atoms with Crippen LogP contribution >= 0.6 is 0 Å². The van der Waals surface area contributed by atoms with Crippen LogP contribution in [0.4, 0.5) is 13.2 Å². The summed E-state index contributed by atoms with van der Waals surface area (Å²) >= 11 is 0. The Morgan fingerprint density at radius 1 is 1.12 bits per heavy atom. The smallest absolute Gasteiger partial charge is 0.161 e. The first-order valence-electron chi connectivity index (χ1n) is 5.83. The van der Waals surface area contributed by atoms with Gasteiger partial charge in [-0.1, -0.05) is 20.3 Å². The van der Waals surface area contributed by atoms with Crippen LogP contribution in [0, 0.1) is 23.4 Å². The highest BCUT2D eigenvalue weighted by atomic mass is 19.2. The summed E-state index contributed by atoms with van der Waals surface area (Å²) in [5.41, 5.74) is 0.187. The molecule has 1 nitrogen and oxygen atoms in total. The van der Waals surface area contributed by atoms with Crippen LogP contribution in [-0.2, 0) is 0 Å². The fourth-order valence-corrected chi connectivity index (χ4v) is 2.14. The summed E-state index contributed by atoms with van der Waals surface area (Å²) in [5.74, 6) is -2.70. The maximum atomic E-state index is 13.6. The molecule has 0 aromatic heterocycles. The number of nitrogens with one attached hydrogen (secondary N) is 1. The second-order valence-corrected chi connectivity index (χ2v) is 4.32. The van der Waals surface area contributed by atoms with Crippen LogP contribution in [0.5, 0.6) is 0 Å². The molecule has 0 radical (unpaired) electrons. The lowest BCUT2D eigenvalue weighted by atomic mass is 9.90. The molecule has 0 heterocycles. The van der Waals surface area contributed by atoms with Crippen LogP contribution in [0.25, 0.3) is 0 Å². The van der Waals surface area contributed by atoms with Gasteiger partial charge in [-0.15, -0.1) is 0 Å². The molecule has 0 spiro atoms. The lowest BCUT2D eigenvalue weighted by molar-refractivity contribution is 0.368. The van der Waals surface area contributed by atoms with E-state index in [1.54, 1.807) is 7.05 Å². The first-order valence-corrected chi connectivity index (χ1v) is 5.83. The molecule has 2 atom stereocenters. The van der Waals surface area contributed by atoms with E-state index in [4.69, 9.17) is 0 Å². The quantitative estimate of drug-likeness (QED) is 0.778. The van der Waals surface area contributed by atoms with Crippen LogP contribution in [0.2, 0.25) is 0 Å². The van der Waals surface area contributed by atoms with E-state index in [-0.39, 0.29) is 17.5 Å². The van der Waals surface area contributed by atoms with Gasteiger partial charge in [0, 0.05) is 17.7 Å². The highest BCUT2D eigenvalue weighted by Gasteiger charge is 2.22. The number of benzene rings is 1. The van der Waals surface area contributed by atoms with E-state index < -0.39 is 17.5 Å². The summed E-state index contributed by atoms with van der Waals surface area (Å²) in [4.78, 5) is 0. The molecule has 0 aliphatic carbocycles. The molecule has 0 saturated heterocycles. The van der Waals surface area contributed by atoms with Crippen LogP contribution in [0.1, 0.15) is 38.3 Å². The molecule has 1 aromatic carbocycles. The van der Waals surface area contributed by atoms with Crippen molar-refractivity contribution in [1.29, 1.82) is 0 Å². The Balaban J connectivity index is 3.07. The fourth-order valence-electron chi connectivity index (χ4n) is 2.14. The molecule has 0 bridgehead atoms. The van der Waals surface area contributed by atoms with Gasteiger partial charge in [-0.05, 0) is 25.5 Å². The van der Waals surface area contributed by atoms with Crippen molar-refractivity contribution >= 4 is 0 Å². The SMILES string of the molecule is CCCC(C)C(NC)c1cc(F)c(F)cc1F. The van der Waals surface area contributed by atoms with Gasteiger partial charge in [0.05, 0.1) is 0 Å². The van der Waals surface area contributed by atoms with Gasteiger partial charge in [0.25, 0.3) is 0 Å². The second kappa shape index (κ2) is 6.05. The molecular weight excluding hydrogens is 227 g/mol. The highest BCUT2D eigenvalue weighted by Crippen LogP contribution is 2.28. The van der Waals surface area contributed by atoms with Gasteiger partial charge in [-0.3, -0.25) is 0 Å². The Labute approximate surface area is 100 Å². The van der Waals surface area contributed by atoms with Crippen molar-refractivity contribution in [3.63, 3.8) is 0 Å². The highest BCUT2D eigenvalue weighted by molar-refractivity contribution is 5.24. The average molecular weight is 245 g/mol. The van der Waals surface area contributed by atoms with E-state index in [1.807, 2.05) is 13.8 Å². The third-order valence-corrected chi connectivity index (χ3v) is 3.00. The molecule has 0 aliphatic heterocycles. The normalized spacial score (nSPS) is 14.7. The summed E-state index contributed by atoms with van der Waals surface area (Å²) < 4.78 is 39.6. The Bertz CT molecular complexity index is 379. The van der Waals surface area contributed by atoms with E-state index in [2.05, 4.69) is 5.32 Å². The van der Waals surface area contributed by atoms with E-state index in [0.717, 1.165) is 18.9 Å². The number of rotatable bonds is 5. The van der Waals surface area contributed by atoms with Gasteiger partial charge >= 0.3 is 0 Å². The number of halogens is 3. The number of hydrogen-bond donors (Lipinski definition) is 1. The minimum absolute atomic E-state index is 0.157. The number of hydrogen-bond acceptors (Lipinski definition) is 1. The molecule has 0 saturated carbocycles. The minimum atomic E-state index is -1.15. The predicted octanol–water partition coefficient (Wildman–Crippen LogP) is 3.80. The Morgan fingerprint density at radius 2 is 1.71 bits per heavy atom. The van der Waals surface area contributed by atoms with Gasteiger partial charge in [-0.25, -0.2) is 13.2 Å². The monoisotopic (exact) mass is 245 g/mol. The zero-order chi connectivity index (χ0) is 13.0. The standard InChI is InChI=1S/C13H18F3N/c1-4-5-8(2)13(17-3)9-6-11(15)12(16)7-10(9)14/h6-8,13,17H,4-5H2,1-3H3. The van der Waals surface area contributed by atoms with Crippen LogP contribution < -0.4 is 5.32 Å². The van der Waals surface area contributed by atoms with Gasteiger partial charge in [0.2, 0.25) is 0 Å². The molecule has 96 valence electrons. The third kappa shape index (κ3) is 3.22. The average Bonchev–Trinajstić information content (AvgIpc) is 2.26. The van der Waals surface area contributed by atoms with E-state index >= 15 is 0 Å². The Kier molecular flexibility index (Phi) is 5.00. The zero-order valence-corrected chi connectivity index (χ0v) is 10.4. The molecular formula is C13H18F3N. The van der Waals surface area contributed by atoms with Gasteiger partial charge < -0.3 is 5.32 Å². The molecule has 1 aromatic rings. The maximum absolute atomic E-state index is 13.6. The lowest BCUT2D eigenvalue weighted by Gasteiger charge is -2.24. The van der Waals surface area contributed by atoms with Crippen LogP contribution in [0.3, 0.4) is 0 Å². The summed E-state index contributed by atoms with van der Waals surface area (Å²) in [6.07, 6.45) is 1.86. The van der Waals surface area contributed by atoms with Gasteiger partial charge in [0.15, 0.2) is 11.6 Å². The fraction of sp³-hybridized carbons (Fsp3) is 0.538. The van der Waals surface area contributed by atoms with Crippen molar-refractivity contribution in [3.8, 4) is 0 Å². The molecule has 0 aliphatic rings. The first-order chi connectivity index (χ1) is 8.01. The van der Waals surface area contributed by atoms with E-state index in [1.165, 1.54) is 0 Å². The Hall–Kier alpha value is -1.03. The van der Waals surface area contributed by atoms with E-state index in [9.17, 15) is 13.2 Å². The maximum Gasteiger partial charge on any atom is 0.161 e. The summed E-state index contributed by atoms with van der Waals surface area (Å²) in [5, 5.41) is 2.96. The zero-order valence-electron chi connectivity index (χ0n) is 10.4. The molecule has 1 rings (SSSR count). The molecule has 0 amide bonds. The Morgan fingerprint density at radius 3 is 2.24 bits per heavy atom. The van der Waals surface area contributed by atoms with Crippen molar-refractivity contribution in [2.75, 3.05) is 7.05 Å². The minimum Gasteiger partial charge on any atom is -0.313 e. The third-order valence-electron chi connectivity index (χ3n) is 3.00. The molecule has 4 heteroatoms. The topological polar surface area (TPSA) is 12.0 Å². The molecule has 0 fully saturated rings. The lowest BCUT2D eigenvalue weighted by Crippen LogP contribution is -2.24. The van der Waals surface area contributed by atoms with Gasteiger partial charge in [0.1, 0.15) is 5.82 Å². The van der Waals surface area contributed by atoms with Crippen molar-refractivity contribution < 1.29 is 13.2 Å². The summed E-state index contributed by atoms with van der Waals surface area (Å²) in [7, 11) is 1.69. The first kappa shape index (κ1) is 14.0. The van der Waals surface area contributed by atoms with Crippen molar-refractivity contribution in [1.82, 2.24) is 5.32 Å². The largest absolute Gasteiger partial charge is 0.313 e. The second-order valence-electron chi connectivity index (χ2n) is 4.32. The molecule has 1 N–H and O–H groups in total. The van der Waals surface area contributed by atoms with Crippen LogP contribution in [0.15, 0.2) is 12.1 Å². The summed E-state index contributed by atoms with van der Waals surface area (Å²) in [6.45, 7) is 4.00. The van der Waals surface area contributed by atoms with Crippen molar-refractivity contribution in [2.24, 2.45) is 5.92 Å². The van der Waals surface area contributed by atoms with Crippen LogP contribution in [-0.4, -0.2) is 7.05 Å².